The van der Waals surface area contributed by atoms with Crippen LogP contribution >= 0.6 is 24.0 Å². The fraction of sp³-hybridized carbons (Fsp3) is 0.889. The highest BCUT2D eigenvalue weighted by atomic mass is 127. The normalized spacial score (nSPS) is 17.6. The number of halogens is 1. The summed E-state index contributed by atoms with van der Waals surface area (Å²) in [5, 5.41) is 9.58. The molecule has 0 heterocycles. The molecule has 5 nitrogen and oxygen atoms in total. The number of hydrogen-bond acceptors (Lipinski definition) is 2. The number of rotatable bonds is 6. The first-order valence-corrected chi connectivity index (χ1v) is 9.07. The summed E-state index contributed by atoms with van der Waals surface area (Å²) in [6.07, 6.45) is 8.22. The van der Waals surface area contributed by atoms with Gasteiger partial charge in [0.25, 0.3) is 0 Å². The maximum atomic E-state index is 12.0. The van der Waals surface area contributed by atoms with E-state index in [4.69, 9.17) is 0 Å². The Morgan fingerprint density at radius 1 is 1.21 bits per heavy atom. The second kappa shape index (κ2) is 11.9. The second-order valence-electron chi connectivity index (χ2n) is 7.97. The van der Waals surface area contributed by atoms with Gasteiger partial charge >= 0.3 is 0 Å². The number of aliphatic imine (C=N–C) groups is 1. The number of carbonyl (C=O) groups is 1. The van der Waals surface area contributed by atoms with E-state index in [1.54, 1.807) is 7.05 Å². The molecular formula is C18H37IN4O. The first-order chi connectivity index (χ1) is 10.8. The highest BCUT2D eigenvalue weighted by Crippen LogP contribution is 2.21. The van der Waals surface area contributed by atoms with E-state index in [2.05, 4.69) is 48.6 Å². The van der Waals surface area contributed by atoms with Crippen LogP contribution in [0.15, 0.2) is 4.99 Å². The molecule has 6 heteroatoms. The van der Waals surface area contributed by atoms with Crippen molar-refractivity contribution in [1.82, 2.24) is 16.0 Å². The largest absolute Gasteiger partial charge is 0.354 e. The standard InChI is InChI=1S/C18H36N4O.HI/c1-14(11-12-18(2,3)4)21-17(19-5)20-13-16(23)22-15-9-7-6-8-10-15;/h14-15H,6-13H2,1-5H3,(H,22,23)(H2,19,20,21);1H. The molecule has 1 saturated carbocycles. The Bertz CT molecular complexity index is 387. The van der Waals surface area contributed by atoms with Gasteiger partial charge in [-0.05, 0) is 38.0 Å². The Labute approximate surface area is 165 Å². The zero-order valence-electron chi connectivity index (χ0n) is 16.1. The van der Waals surface area contributed by atoms with Crippen LogP contribution in [0.3, 0.4) is 0 Å². The molecule has 0 saturated heterocycles. The van der Waals surface area contributed by atoms with Crippen LogP contribution < -0.4 is 16.0 Å². The van der Waals surface area contributed by atoms with Crippen molar-refractivity contribution in [2.45, 2.75) is 84.7 Å². The van der Waals surface area contributed by atoms with E-state index >= 15 is 0 Å². The number of guanidine groups is 1. The summed E-state index contributed by atoms with van der Waals surface area (Å²) in [6.45, 7) is 9.19. The highest BCUT2D eigenvalue weighted by Gasteiger charge is 2.16. The van der Waals surface area contributed by atoms with Crippen LogP contribution in [0.2, 0.25) is 0 Å². The molecule has 1 rings (SSSR count). The van der Waals surface area contributed by atoms with Gasteiger partial charge in [-0.2, -0.15) is 0 Å². The quantitative estimate of drug-likeness (QED) is 0.329. The number of nitrogens with one attached hydrogen (secondary N) is 3. The van der Waals surface area contributed by atoms with Crippen molar-refractivity contribution in [3.05, 3.63) is 0 Å². The third-order valence-electron chi connectivity index (χ3n) is 4.32. The first-order valence-electron chi connectivity index (χ1n) is 9.07. The van der Waals surface area contributed by atoms with Crippen LogP contribution in [0, 0.1) is 5.41 Å². The van der Waals surface area contributed by atoms with Gasteiger partial charge in [-0.1, -0.05) is 40.0 Å². The smallest absolute Gasteiger partial charge is 0.239 e. The molecule has 0 bridgehead atoms. The SMILES string of the molecule is CN=C(NCC(=O)NC1CCCCC1)NC(C)CCC(C)(C)C.I. The lowest BCUT2D eigenvalue weighted by molar-refractivity contribution is -0.120. The molecule has 24 heavy (non-hydrogen) atoms. The van der Waals surface area contributed by atoms with Gasteiger partial charge in [0.1, 0.15) is 0 Å². The maximum Gasteiger partial charge on any atom is 0.239 e. The Morgan fingerprint density at radius 2 is 1.83 bits per heavy atom. The second-order valence-corrected chi connectivity index (χ2v) is 7.97. The highest BCUT2D eigenvalue weighted by molar-refractivity contribution is 14.0. The van der Waals surface area contributed by atoms with Gasteiger partial charge in [0.05, 0.1) is 6.54 Å². The van der Waals surface area contributed by atoms with Gasteiger partial charge in [-0.15, -0.1) is 24.0 Å². The maximum absolute atomic E-state index is 12.0. The Morgan fingerprint density at radius 3 is 2.38 bits per heavy atom. The number of carbonyl (C=O) groups excluding carboxylic acids is 1. The van der Waals surface area contributed by atoms with Gasteiger partial charge in [0.15, 0.2) is 5.96 Å². The third-order valence-corrected chi connectivity index (χ3v) is 4.32. The molecule has 1 unspecified atom stereocenters. The fourth-order valence-corrected chi connectivity index (χ4v) is 2.84. The average Bonchev–Trinajstić information content (AvgIpc) is 2.49. The Balaban J connectivity index is 0.00000529. The molecule has 0 aromatic carbocycles. The molecule has 1 fully saturated rings. The van der Waals surface area contributed by atoms with Crippen LogP contribution in [0.25, 0.3) is 0 Å². The summed E-state index contributed by atoms with van der Waals surface area (Å²) >= 11 is 0. The van der Waals surface area contributed by atoms with Gasteiger partial charge in [0.2, 0.25) is 5.91 Å². The zero-order chi connectivity index (χ0) is 17.3. The van der Waals surface area contributed by atoms with E-state index in [1.807, 2.05) is 0 Å². The van der Waals surface area contributed by atoms with Crippen LogP contribution in [0.5, 0.6) is 0 Å². The topological polar surface area (TPSA) is 65.5 Å². The van der Waals surface area contributed by atoms with E-state index < -0.39 is 0 Å². The summed E-state index contributed by atoms with van der Waals surface area (Å²) < 4.78 is 0. The van der Waals surface area contributed by atoms with E-state index in [-0.39, 0.29) is 36.4 Å². The zero-order valence-corrected chi connectivity index (χ0v) is 18.4. The van der Waals surface area contributed by atoms with Crippen molar-refractivity contribution in [3.8, 4) is 0 Å². The van der Waals surface area contributed by atoms with Crippen molar-refractivity contribution < 1.29 is 4.79 Å². The minimum Gasteiger partial charge on any atom is -0.354 e. The first kappa shape index (κ1) is 23.5. The van der Waals surface area contributed by atoms with E-state index in [0.29, 0.717) is 23.5 Å². The molecule has 0 aliphatic heterocycles. The molecule has 1 amide bonds. The lowest BCUT2D eigenvalue weighted by Gasteiger charge is -2.24. The molecular weight excluding hydrogens is 415 g/mol. The summed E-state index contributed by atoms with van der Waals surface area (Å²) in [5.41, 5.74) is 0.340. The van der Waals surface area contributed by atoms with Crippen molar-refractivity contribution in [2.24, 2.45) is 10.4 Å². The number of amides is 1. The molecule has 0 aromatic rings. The Hall–Kier alpha value is -0.530. The van der Waals surface area contributed by atoms with E-state index in [0.717, 1.165) is 25.7 Å². The fourth-order valence-electron chi connectivity index (χ4n) is 2.84. The Kier molecular flexibility index (Phi) is 11.7. The molecule has 0 radical (unpaired) electrons. The summed E-state index contributed by atoms with van der Waals surface area (Å²) in [6, 6.07) is 0.695. The predicted molar refractivity (Wildman–Crippen MR) is 113 cm³/mol. The minimum atomic E-state index is 0. The number of hydrogen-bond donors (Lipinski definition) is 3. The average molecular weight is 452 g/mol. The van der Waals surface area contributed by atoms with Crippen LogP contribution in [-0.4, -0.2) is 37.5 Å². The lowest BCUT2D eigenvalue weighted by Crippen LogP contribution is -2.48. The van der Waals surface area contributed by atoms with Gasteiger partial charge in [-0.3, -0.25) is 9.79 Å². The minimum absolute atomic E-state index is 0. The molecule has 1 atom stereocenters. The van der Waals surface area contributed by atoms with E-state index in [1.165, 1.54) is 19.3 Å². The van der Waals surface area contributed by atoms with Crippen molar-refractivity contribution in [1.29, 1.82) is 0 Å². The van der Waals surface area contributed by atoms with Crippen LogP contribution in [0.4, 0.5) is 0 Å². The van der Waals surface area contributed by atoms with Gasteiger partial charge in [-0.25, -0.2) is 0 Å². The summed E-state index contributed by atoms with van der Waals surface area (Å²) in [7, 11) is 1.74. The van der Waals surface area contributed by atoms with Crippen LogP contribution in [-0.2, 0) is 4.79 Å². The van der Waals surface area contributed by atoms with Crippen LogP contribution in [0.1, 0.15) is 72.6 Å². The molecule has 1 aliphatic carbocycles. The molecule has 1 aliphatic rings. The number of nitrogens with zero attached hydrogens (tertiary/aromatic N) is 1. The third kappa shape index (κ3) is 11.1. The monoisotopic (exact) mass is 452 g/mol. The predicted octanol–water partition coefficient (Wildman–Crippen LogP) is 3.43. The van der Waals surface area contributed by atoms with E-state index in [9.17, 15) is 4.79 Å². The van der Waals surface area contributed by atoms with Crippen molar-refractivity contribution in [2.75, 3.05) is 13.6 Å². The summed E-state index contributed by atoms with van der Waals surface area (Å²) in [5.74, 6) is 0.757. The van der Waals surface area contributed by atoms with Crippen molar-refractivity contribution in [3.63, 3.8) is 0 Å². The molecule has 3 N–H and O–H groups in total. The lowest BCUT2D eigenvalue weighted by atomic mass is 9.89. The van der Waals surface area contributed by atoms with Gasteiger partial charge < -0.3 is 16.0 Å². The van der Waals surface area contributed by atoms with Gasteiger partial charge in [0, 0.05) is 19.1 Å². The summed E-state index contributed by atoms with van der Waals surface area (Å²) in [4.78, 5) is 16.2. The molecule has 142 valence electrons. The van der Waals surface area contributed by atoms with Crippen molar-refractivity contribution >= 4 is 35.8 Å². The molecule has 0 aromatic heterocycles. The molecule has 0 spiro atoms.